The van der Waals surface area contributed by atoms with Crippen LogP contribution in [0.1, 0.15) is 24.2 Å². The Morgan fingerprint density at radius 2 is 2.18 bits per heavy atom. The molecule has 90 valence electrons. The molecule has 1 aromatic heterocycles. The lowest BCUT2D eigenvalue weighted by molar-refractivity contribution is 0.250. The van der Waals surface area contributed by atoms with Crippen LogP contribution in [0.15, 0.2) is 29.6 Å². The molecule has 0 amide bonds. The van der Waals surface area contributed by atoms with E-state index in [1.807, 2.05) is 23.6 Å². The maximum absolute atomic E-state index is 6.19. The van der Waals surface area contributed by atoms with E-state index in [2.05, 4.69) is 34.5 Å². The second-order valence-electron chi connectivity index (χ2n) is 4.01. The molecule has 0 aliphatic heterocycles. The first-order valence-corrected chi connectivity index (χ1v) is 6.60. The first kappa shape index (κ1) is 12.5. The molecule has 0 spiro atoms. The minimum absolute atomic E-state index is 0.255. The maximum Gasteiger partial charge on any atom is 0.0895 e. The largest absolute Gasteiger partial charge is 0.294 e. The fourth-order valence-corrected chi connectivity index (χ4v) is 2.43. The van der Waals surface area contributed by atoms with Crippen molar-refractivity contribution in [2.24, 2.45) is 0 Å². The summed E-state index contributed by atoms with van der Waals surface area (Å²) < 4.78 is 3.86. The number of benzene rings is 1. The quantitative estimate of drug-likeness (QED) is 0.850. The van der Waals surface area contributed by atoms with Gasteiger partial charge in [0.1, 0.15) is 0 Å². The summed E-state index contributed by atoms with van der Waals surface area (Å²) in [5, 5.41) is 6.83. The van der Waals surface area contributed by atoms with E-state index in [1.165, 1.54) is 11.5 Å². The Kier molecular flexibility index (Phi) is 4.10. The van der Waals surface area contributed by atoms with Gasteiger partial charge in [-0.2, -0.15) is 0 Å². The van der Waals surface area contributed by atoms with E-state index < -0.39 is 0 Å². The lowest BCUT2D eigenvalue weighted by Crippen LogP contribution is -2.22. The van der Waals surface area contributed by atoms with Gasteiger partial charge in [-0.25, -0.2) is 0 Å². The minimum Gasteiger partial charge on any atom is -0.294 e. The summed E-state index contributed by atoms with van der Waals surface area (Å²) in [6.07, 6.45) is 0. The zero-order valence-corrected chi connectivity index (χ0v) is 11.4. The van der Waals surface area contributed by atoms with Crippen LogP contribution in [0.4, 0.5) is 0 Å². The summed E-state index contributed by atoms with van der Waals surface area (Å²) in [6, 6.07) is 8.19. The van der Waals surface area contributed by atoms with E-state index in [0.717, 1.165) is 22.8 Å². The molecule has 1 aromatic carbocycles. The van der Waals surface area contributed by atoms with Crippen molar-refractivity contribution < 1.29 is 0 Å². The fourth-order valence-electron chi connectivity index (χ4n) is 1.70. The van der Waals surface area contributed by atoms with E-state index in [1.54, 1.807) is 0 Å². The molecule has 17 heavy (non-hydrogen) atoms. The molecule has 2 rings (SSSR count). The van der Waals surface area contributed by atoms with Gasteiger partial charge < -0.3 is 0 Å². The third-order valence-corrected chi connectivity index (χ3v) is 3.73. The van der Waals surface area contributed by atoms with Crippen LogP contribution in [0.2, 0.25) is 5.02 Å². The lowest BCUT2D eigenvalue weighted by Gasteiger charge is -2.24. The SMILES string of the molecule is C[C@H](c1ccccc1Cl)N(C)Cc1csnn1. The molecule has 0 radical (unpaired) electrons. The molecule has 5 heteroatoms. The number of rotatable bonds is 4. The van der Waals surface area contributed by atoms with Gasteiger partial charge in [0.2, 0.25) is 0 Å². The molecule has 0 fully saturated rings. The van der Waals surface area contributed by atoms with E-state index in [9.17, 15) is 0 Å². The molecule has 0 aliphatic rings. The Morgan fingerprint density at radius 1 is 1.41 bits per heavy atom. The van der Waals surface area contributed by atoms with E-state index in [-0.39, 0.29) is 6.04 Å². The molecule has 2 aromatic rings. The summed E-state index contributed by atoms with van der Waals surface area (Å²) in [5.74, 6) is 0. The van der Waals surface area contributed by atoms with Gasteiger partial charge in [-0.05, 0) is 37.1 Å². The van der Waals surface area contributed by atoms with Crippen LogP contribution < -0.4 is 0 Å². The van der Waals surface area contributed by atoms with Gasteiger partial charge in [-0.1, -0.05) is 34.3 Å². The highest BCUT2D eigenvalue weighted by Gasteiger charge is 2.15. The Bertz CT molecular complexity index is 472. The van der Waals surface area contributed by atoms with Crippen molar-refractivity contribution in [2.45, 2.75) is 19.5 Å². The normalized spacial score (nSPS) is 12.9. The summed E-state index contributed by atoms with van der Waals surface area (Å²) in [7, 11) is 2.06. The van der Waals surface area contributed by atoms with Crippen molar-refractivity contribution in [3.8, 4) is 0 Å². The molecule has 0 saturated heterocycles. The Labute approximate surface area is 110 Å². The van der Waals surface area contributed by atoms with Crippen LogP contribution in [0, 0.1) is 0 Å². The predicted octanol–water partition coefficient (Wildman–Crippen LogP) is 3.38. The number of halogens is 1. The van der Waals surface area contributed by atoms with Crippen molar-refractivity contribution in [1.82, 2.24) is 14.5 Å². The highest BCUT2D eigenvalue weighted by Crippen LogP contribution is 2.26. The van der Waals surface area contributed by atoms with Crippen molar-refractivity contribution in [3.05, 3.63) is 45.9 Å². The molecule has 0 aliphatic carbocycles. The number of hydrogen-bond acceptors (Lipinski definition) is 4. The maximum atomic E-state index is 6.19. The molecule has 3 nitrogen and oxygen atoms in total. The Morgan fingerprint density at radius 3 is 2.82 bits per heavy atom. The molecular weight excluding hydrogens is 254 g/mol. The van der Waals surface area contributed by atoms with Crippen LogP contribution in [0.25, 0.3) is 0 Å². The molecule has 0 bridgehead atoms. The summed E-state index contributed by atoms with van der Waals surface area (Å²) in [4.78, 5) is 2.21. The summed E-state index contributed by atoms with van der Waals surface area (Å²) in [5.41, 5.74) is 2.14. The van der Waals surface area contributed by atoms with Crippen LogP contribution in [0.3, 0.4) is 0 Å². The number of nitrogens with zero attached hydrogens (tertiary/aromatic N) is 3. The number of aromatic nitrogens is 2. The van der Waals surface area contributed by atoms with Crippen LogP contribution in [0.5, 0.6) is 0 Å². The average molecular weight is 268 g/mol. The van der Waals surface area contributed by atoms with Crippen molar-refractivity contribution in [3.63, 3.8) is 0 Å². The van der Waals surface area contributed by atoms with Gasteiger partial charge in [-0.15, -0.1) is 5.10 Å². The average Bonchev–Trinajstić information content (AvgIpc) is 2.81. The third kappa shape index (κ3) is 3.03. The second-order valence-corrected chi connectivity index (χ2v) is 5.03. The van der Waals surface area contributed by atoms with Crippen LogP contribution >= 0.6 is 23.1 Å². The van der Waals surface area contributed by atoms with Crippen LogP contribution in [-0.4, -0.2) is 21.5 Å². The highest BCUT2D eigenvalue weighted by molar-refractivity contribution is 7.03. The van der Waals surface area contributed by atoms with Gasteiger partial charge in [0.15, 0.2) is 0 Å². The Balaban J connectivity index is 2.09. The van der Waals surface area contributed by atoms with Crippen molar-refractivity contribution >= 4 is 23.1 Å². The van der Waals surface area contributed by atoms with E-state index in [4.69, 9.17) is 11.6 Å². The topological polar surface area (TPSA) is 29.0 Å². The van der Waals surface area contributed by atoms with E-state index in [0.29, 0.717) is 0 Å². The molecule has 0 saturated carbocycles. The molecular formula is C12H14ClN3S. The van der Waals surface area contributed by atoms with Gasteiger partial charge in [0, 0.05) is 23.0 Å². The fraction of sp³-hybridized carbons (Fsp3) is 0.333. The van der Waals surface area contributed by atoms with Crippen molar-refractivity contribution in [1.29, 1.82) is 0 Å². The van der Waals surface area contributed by atoms with Crippen LogP contribution in [-0.2, 0) is 6.54 Å². The molecule has 0 unspecified atom stereocenters. The zero-order valence-electron chi connectivity index (χ0n) is 9.80. The summed E-state index contributed by atoms with van der Waals surface area (Å²) in [6.45, 7) is 2.92. The first-order valence-electron chi connectivity index (χ1n) is 5.39. The smallest absolute Gasteiger partial charge is 0.0895 e. The molecule has 1 atom stereocenters. The number of hydrogen-bond donors (Lipinski definition) is 0. The first-order chi connectivity index (χ1) is 8.18. The monoisotopic (exact) mass is 267 g/mol. The van der Waals surface area contributed by atoms with E-state index >= 15 is 0 Å². The second kappa shape index (κ2) is 5.58. The predicted molar refractivity (Wildman–Crippen MR) is 71.2 cm³/mol. The standard InChI is InChI=1S/C12H14ClN3S/c1-9(11-5-3-4-6-12(11)13)16(2)7-10-8-17-15-14-10/h3-6,8-9H,7H2,1-2H3/t9-/m1/s1. The zero-order chi connectivity index (χ0) is 12.3. The molecule has 1 heterocycles. The molecule has 0 N–H and O–H groups in total. The van der Waals surface area contributed by atoms with Gasteiger partial charge >= 0.3 is 0 Å². The minimum atomic E-state index is 0.255. The summed E-state index contributed by atoms with van der Waals surface area (Å²) >= 11 is 7.57. The van der Waals surface area contributed by atoms with Gasteiger partial charge in [0.05, 0.1) is 5.69 Å². The third-order valence-electron chi connectivity index (χ3n) is 2.83. The van der Waals surface area contributed by atoms with Gasteiger partial charge in [-0.3, -0.25) is 4.90 Å². The lowest BCUT2D eigenvalue weighted by atomic mass is 10.1. The Hall–Kier alpha value is -0.970. The van der Waals surface area contributed by atoms with Gasteiger partial charge in [0.25, 0.3) is 0 Å². The van der Waals surface area contributed by atoms with Crippen molar-refractivity contribution in [2.75, 3.05) is 7.05 Å². The highest BCUT2D eigenvalue weighted by atomic mass is 35.5.